The Morgan fingerprint density at radius 3 is 2.37 bits per heavy atom. The molecule has 0 saturated carbocycles. The topological polar surface area (TPSA) is 54.1 Å². The number of hydrogen-bond acceptors (Lipinski definition) is 4. The largest absolute Gasteiger partial charge is 0.232 e. The maximum Gasteiger partial charge on any atom is 0.129 e. The van der Waals surface area contributed by atoms with Gasteiger partial charge in [-0.1, -0.05) is 28.1 Å². The zero-order valence-electron chi connectivity index (χ0n) is 10.3. The average Bonchev–Trinajstić information content (AvgIpc) is 2.98. The molecule has 0 spiro atoms. The molecule has 5 heteroatoms. The fourth-order valence-electron chi connectivity index (χ4n) is 3.12. The number of hydrazine groups is 1. The number of halogens is 1. The van der Waals surface area contributed by atoms with Gasteiger partial charge in [0.2, 0.25) is 0 Å². The van der Waals surface area contributed by atoms with Crippen LogP contribution in [0.2, 0.25) is 0 Å². The molecule has 0 radical (unpaired) electrons. The van der Waals surface area contributed by atoms with Crippen LogP contribution in [0.25, 0.3) is 0 Å². The average molecular weight is 317 g/mol. The molecule has 2 saturated heterocycles. The number of nitriles is 2. The van der Waals surface area contributed by atoms with E-state index in [9.17, 15) is 10.5 Å². The van der Waals surface area contributed by atoms with Crippen molar-refractivity contribution in [3.8, 4) is 12.1 Å². The Kier molecular flexibility index (Phi) is 3.28. The van der Waals surface area contributed by atoms with Crippen LogP contribution in [0.15, 0.2) is 28.7 Å². The predicted octanol–water partition coefficient (Wildman–Crippen LogP) is 2.46. The first-order valence-electron chi connectivity index (χ1n) is 6.34. The molecule has 2 fully saturated rings. The zero-order chi connectivity index (χ0) is 13.4. The molecule has 2 aliphatic rings. The summed E-state index contributed by atoms with van der Waals surface area (Å²) in [6.07, 6.45) is 1.06. The van der Waals surface area contributed by atoms with Gasteiger partial charge >= 0.3 is 0 Å². The SMILES string of the molecule is N#C[C@@H]1[C@H](C#N)N2CCCN2[C@H]1c1ccc(Br)cc1. The van der Waals surface area contributed by atoms with E-state index in [-0.39, 0.29) is 18.0 Å². The smallest absolute Gasteiger partial charge is 0.129 e. The minimum atomic E-state index is -0.318. The van der Waals surface area contributed by atoms with Gasteiger partial charge in [-0.3, -0.25) is 0 Å². The molecule has 3 rings (SSSR count). The van der Waals surface area contributed by atoms with Crippen LogP contribution in [0, 0.1) is 28.6 Å². The third-order valence-electron chi connectivity index (χ3n) is 3.92. The van der Waals surface area contributed by atoms with Gasteiger partial charge in [0.1, 0.15) is 6.04 Å². The molecule has 4 nitrogen and oxygen atoms in total. The molecule has 3 atom stereocenters. The third-order valence-corrected chi connectivity index (χ3v) is 4.45. The monoisotopic (exact) mass is 316 g/mol. The van der Waals surface area contributed by atoms with Gasteiger partial charge in [-0.15, -0.1) is 0 Å². The van der Waals surface area contributed by atoms with Crippen molar-refractivity contribution in [2.24, 2.45) is 5.92 Å². The van der Waals surface area contributed by atoms with Crippen LogP contribution in [0.5, 0.6) is 0 Å². The molecule has 19 heavy (non-hydrogen) atoms. The van der Waals surface area contributed by atoms with E-state index in [1.807, 2.05) is 24.3 Å². The van der Waals surface area contributed by atoms with E-state index < -0.39 is 0 Å². The first-order valence-corrected chi connectivity index (χ1v) is 7.13. The van der Waals surface area contributed by atoms with Crippen LogP contribution >= 0.6 is 15.9 Å². The first kappa shape index (κ1) is 12.6. The van der Waals surface area contributed by atoms with Gasteiger partial charge in [-0.2, -0.15) is 10.5 Å². The molecule has 1 aromatic rings. The predicted molar refractivity (Wildman–Crippen MR) is 73.4 cm³/mol. The van der Waals surface area contributed by atoms with Gasteiger partial charge in [0.15, 0.2) is 0 Å². The molecule has 1 aromatic carbocycles. The van der Waals surface area contributed by atoms with Crippen molar-refractivity contribution in [2.45, 2.75) is 18.5 Å². The van der Waals surface area contributed by atoms with Gasteiger partial charge < -0.3 is 0 Å². The van der Waals surface area contributed by atoms with Crippen molar-refractivity contribution in [3.63, 3.8) is 0 Å². The second-order valence-electron chi connectivity index (χ2n) is 4.90. The number of nitrogens with zero attached hydrogens (tertiary/aromatic N) is 4. The summed E-state index contributed by atoms with van der Waals surface area (Å²) in [4.78, 5) is 0. The minimum absolute atomic E-state index is 0.00486. The van der Waals surface area contributed by atoms with Crippen molar-refractivity contribution < 1.29 is 0 Å². The maximum atomic E-state index is 9.45. The molecule has 0 aliphatic carbocycles. The van der Waals surface area contributed by atoms with Gasteiger partial charge in [0, 0.05) is 17.6 Å². The first-order chi connectivity index (χ1) is 9.26. The standard InChI is InChI=1S/C14H13BrN4/c15-11-4-2-10(3-5-11)14-12(8-16)13(9-17)18-6-1-7-19(14)18/h2-5,12-14H,1,6-7H2/t12-,13+,14+/m1/s1. The van der Waals surface area contributed by atoms with Crippen LogP contribution in [-0.4, -0.2) is 29.1 Å². The van der Waals surface area contributed by atoms with E-state index in [0.717, 1.165) is 29.5 Å². The van der Waals surface area contributed by atoms with Gasteiger partial charge in [-0.05, 0) is 24.1 Å². The molecule has 2 aliphatic heterocycles. The number of hydrogen-bond donors (Lipinski definition) is 0. The third kappa shape index (κ3) is 1.95. The lowest BCUT2D eigenvalue weighted by Crippen LogP contribution is -2.35. The highest BCUT2D eigenvalue weighted by molar-refractivity contribution is 9.10. The highest BCUT2D eigenvalue weighted by Gasteiger charge is 2.50. The maximum absolute atomic E-state index is 9.45. The highest BCUT2D eigenvalue weighted by atomic mass is 79.9. The van der Waals surface area contributed by atoms with Gasteiger partial charge in [-0.25, -0.2) is 10.0 Å². The molecule has 0 N–H and O–H groups in total. The molecule has 0 bridgehead atoms. The van der Waals surface area contributed by atoms with Crippen molar-refractivity contribution in [1.29, 1.82) is 10.5 Å². The van der Waals surface area contributed by atoms with Gasteiger partial charge in [0.25, 0.3) is 0 Å². The van der Waals surface area contributed by atoms with E-state index in [1.54, 1.807) is 0 Å². The van der Waals surface area contributed by atoms with E-state index in [2.05, 4.69) is 38.1 Å². The Bertz CT molecular complexity index is 556. The summed E-state index contributed by atoms with van der Waals surface area (Å²) < 4.78 is 1.03. The van der Waals surface area contributed by atoms with Gasteiger partial charge in [0.05, 0.1) is 24.1 Å². The van der Waals surface area contributed by atoms with Crippen molar-refractivity contribution in [3.05, 3.63) is 34.3 Å². The molecule has 96 valence electrons. The van der Waals surface area contributed by atoms with E-state index in [0.29, 0.717) is 0 Å². The lowest BCUT2D eigenvalue weighted by Gasteiger charge is -2.25. The Labute approximate surface area is 120 Å². The van der Waals surface area contributed by atoms with Crippen LogP contribution in [0.1, 0.15) is 18.0 Å². The Balaban J connectivity index is 2.01. The quantitative estimate of drug-likeness (QED) is 0.798. The van der Waals surface area contributed by atoms with Crippen LogP contribution in [0.3, 0.4) is 0 Å². The normalized spacial score (nSPS) is 30.8. The summed E-state index contributed by atoms with van der Waals surface area (Å²) in [5.41, 5.74) is 1.11. The second kappa shape index (κ2) is 4.94. The summed E-state index contributed by atoms with van der Waals surface area (Å²) >= 11 is 3.43. The Morgan fingerprint density at radius 2 is 1.74 bits per heavy atom. The summed E-state index contributed by atoms with van der Waals surface area (Å²) in [5.74, 6) is -0.286. The second-order valence-corrected chi connectivity index (χ2v) is 5.82. The summed E-state index contributed by atoms with van der Waals surface area (Å²) in [6, 6.07) is 12.4. The molecular weight excluding hydrogens is 304 g/mol. The van der Waals surface area contributed by atoms with E-state index in [4.69, 9.17) is 0 Å². The molecule has 0 unspecified atom stereocenters. The lowest BCUT2D eigenvalue weighted by molar-refractivity contribution is 0.0383. The highest BCUT2D eigenvalue weighted by Crippen LogP contribution is 2.43. The van der Waals surface area contributed by atoms with Crippen LogP contribution in [-0.2, 0) is 0 Å². The summed E-state index contributed by atoms with van der Waals surface area (Å²) in [5, 5.41) is 23.1. The van der Waals surface area contributed by atoms with Crippen molar-refractivity contribution in [1.82, 2.24) is 10.0 Å². The number of fused-ring (bicyclic) bond motifs is 1. The van der Waals surface area contributed by atoms with Crippen LogP contribution < -0.4 is 0 Å². The van der Waals surface area contributed by atoms with E-state index >= 15 is 0 Å². The summed E-state index contributed by atoms with van der Waals surface area (Å²) in [6.45, 7) is 1.81. The molecule has 0 amide bonds. The minimum Gasteiger partial charge on any atom is -0.232 e. The number of rotatable bonds is 1. The molecular formula is C14H13BrN4. The lowest BCUT2D eigenvalue weighted by atomic mass is 9.90. The fraction of sp³-hybridized carbons (Fsp3) is 0.429. The van der Waals surface area contributed by atoms with Crippen molar-refractivity contribution in [2.75, 3.05) is 13.1 Å². The fourth-order valence-corrected chi connectivity index (χ4v) is 3.38. The van der Waals surface area contributed by atoms with Crippen LogP contribution in [0.4, 0.5) is 0 Å². The van der Waals surface area contributed by atoms with E-state index in [1.165, 1.54) is 0 Å². The Morgan fingerprint density at radius 1 is 1.05 bits per heavy atom. The Hall–Kier alpha value is -1.40. The molecule has 0 aromatic heterocycles. The summed E-state index contributed by atoms with van der Waals surface area (Å²) in [7, 11) is 0. The molecule has 2 heterocycles. The zero-order valence-corrected chi connectivity index (χ0v) is 11.9. The van der Waals surface area contributed by atoms with Crippen molar-refractivity contribution >= 4 is 15.9 Å². The number of benzene rings is 1.